The van der Waals surface area contributed by atoms with Gasteiger partial charge in [0.05, 0.1) is 6.26 Å². The molecule has 1 saturated heterocycles. The van der Waals surface area contributed by atoms with Crippen molar-refractivity contribution in [1.82, 2.24) is 9.80 Å². The molecule has 2 heterocycles. The van der Waals surface area contributed by atoms with E-state index in [0.717, 1.165) is 0 Å². The highest BCUT2D eigenvalue weighted by atomic mass is 19.4. The SMILES string of the molecule is O=C(c1ccc(OCC(F)(F)F)cc1)N1CCN(C(=O)c2ccco2)CC1. The zero-order valence-corrected chi connectivity index (χ0v) is 14.2. The molecular formula is C18H17F3N2O4. The topological polar surface area (TPSA) is 63.0 Å². The third-order valence-electron chi connectivity index (χ3n) is 4.09. The first-order valence-electron chi connectivity index (χ1n) is 8.25. The van der Waals surface area contributed by atoms with Crippen molar-refractivity contribution in [1.29, 1.82) is 0 Å². The lowest BCUT2D eigenvalue weighted by Gasteiger charge is -2.34. The van der Waals surface area contributed by atoms with Gasteiger partial charge in [0.15, 0.2) is 12.4 Å². The van der Waals surface area contributed by atoms with Crippen molar-refractivity contribution in [3.8, 4) is 5.75 Å². The molecule has 6 nitrogen and oxygen atoms in total. The first-order valence-corrected chi connectivity index (χ1v) is 8.25. The van der Waals surface area contributed by atoms with Crippen LogP contribution < -0.4 is 4.74 Å². The maximum atomic E-state index is 12.5. The fourth-order valence-corrected chi connectivity index (χ4v) is 2.71. The molecule has 0 aliphatic carbocycles. The number of halogens is 3. The van der Waals surface area contributed by atoms with Gasteiger partial charge in [-0.3, -0.25) is 9.59 Å². The van der Waals surface area contributed by atoms with Gasteiger partial charge in [0, 0.05) is 31.7 Å². The van der Waals surface area contributed by atoms with Gasteiger partial charge in [-0.2, -0.15) is 13.2 Å². The van der Waals surface area contributed by atoms with Gasteiger partial charge in [-0.25, -0.2) is 0 Å². The highest BCUT2D eigenvalue weighted by Crippen LogP contribution is 2.20. The molecule has 0 radical (unpaired) electrons. The molecule has 3 rings (SSSR count). The van der Waals surface area contributed by atoms with E-state index in [1.807, 2.05) is 0 Å². The van der Waals surface area contributed by atoms with E-state index < -0.39 is 12.8 Å². The number of piperazine rings is 1. The Morgan fingerprint density at radius 3 is 2.07 bits per heavy atom. The number of nitrogens with zero attached hydrogens (tertiary/aromatic N) is 2. The second-order valence-electron chi connectivity index (χ2n) is 5.99. The summed E-state index contributed by atoms with van der Waals surface area (Å²) in [6, 6.07) is 8.73. The van der Waals surface area contributed by atoms with Crippen molar-refractivity contribution >= 4 is 11.8 Å². The second-order valence-corrected chi connectivity index (χ2v) is 5.99. The van der Waals surface area contributed by atoms with Crippen LogP contribution in [0.2, 0.25) is 0 Å². The van der Waals surface area contributed by atoms with Crippen LogP contribution in [0.4, 0.5) is 13.2 Å². The number of rotatable bonds is 4. The minimum atomic E-state index is -4.42. The molecular weight excluding hydrogens is 365 g/mol. The van der Waals surface area contributed by atoms with Crippen LogP contribution in [0, 0.1) is 0 Å². The first-order chi connectivity index (χ1) is 12.8. The summed E-state index contributed by atoms with van der Waals surface area (Å²) in [5.41, 5.74) is 0.347. The number of benzene rings is 1. The summed E-state index contributed by atoms with van der Waals surface area (Å²) in [4.78, 5) is 27.9. The van der Waals surface area contributed by atoms with Crippen LogP contribution in [0.1, 0.15) is 20.9 Å². The van der Waals surface area contributed by atoms with Gasteiger partial charge < -0.3 is 19.0 Å². The average Bonchev–Trinajstić information content (AvgIpc) is 3.20. The van der Waals surface area contributed by atoms with E-state index in [4.69, 9.17) is 4.42 Å². The lowest BCUT2D eigenvalue weighted by Crippen LogP contribution is -2.50. The Morgan fingerprint density at radius 1 is 0.963 bits per heavy atom. The van der Waals surface area contributed by atoms with E-state index in [1.165, 1.54) is 30.5 Å². The van der Waals surface area contributed by atoms with Crippen molar-refractivity contribution in [2.24, 2.45) is 0 Å². The summed E-state index contributed by atoms with van der Waals surface area (Å²) in [5, 5.41) is 0. The van der Waals surface area contributed by atoms with Crippen molar-refractivity contribution in [2.45, 2.75) is 6.18 Å². The van der Waals surface area contributed by atoms with Gasteiger partial charge in [-0.15, -0.1) is 0 Å². The highest BCUT2D eigenvalue weighted by molar-refractivity contribution is 5.95. The molecule has 1 aromatic carbocycles. The number of hydrogen-bond acceptors (Lipinski definition) is 4. The van der Waals surface area contributed by atoms with E-state index in [-0.39, 0.29) is 23.3 Å². The minimum absolute atomic E-state index is 0.0396. The zero-order chi connectivity index (χ0) is 19.4. The molecule has 0 spiro atoms. The maximum Gasteiger partial charge on any atom is 0.422 e. The summed E-state index contributed by atoms with van der Waals surface area (Å²) < 4.78 is 46.2. The number of alkyl halides is 3. The van der Waals surface area contributed by atoms with Crippen molar-refractivity contribution in [2.75, 3.05) is 32.8 Å². The Hall–Kier alpha value is -2.97. The average molecular weight is 382 g/mol. The number of amides is 2. The third kappa shape index (κ3) is 4.81. The van der Waals surface area contributed by atoms with Crippen molar-refractivity contribution in [3.63, 3.8) is 0 Å². The van der Waals surface area contributed by atoms with Gasteiger partial charge in [-0.1, -0.05) is 0 Å². The molecule has 2 amide bonds. The predicted octanol–water partition coefficient (Wildman–Crippen LogP) is 2.82. The molecule has 1 aliphatic rings. The van der Waals surface area contributed by atoms with E-state index in [2.05, 4.69) is 4.74 Å². The maximum absolute atomic E-state index is 12.5. The Labute approximate surface area is 153 Å². The van der Waals surface area contributed by atoms with Crippen LogP contribution in [0.5, 0.6) is 5.75 Å². The largest absolute Gasteiger partial charge is 0.484 e. The fraction of sp³-hybridized carbons (Fsp3) is 0.333. The fourth-order valence-electron chi connectivity index (χ4n) is 2.71. The molecule has 27 heavy (non-hydrogen) atoms. The summed E-state index contributed by atoms with van der Waals surface area (Å²) in [6.45, 7) is 0.0806. The van der Waals surface area contributed by atoms with Crippen LogP contribution in [0.15, 0.2) is 47.1 Å². The summed E-state index contributed by atoms with van der Waals surface area (Å²) in [5.74, 6) is -0.178. The minimum Gasteiger partial charge on any atom is -0.484 e. The first kappa shape index (κ1) is 18.8. The molecule has 0 unspecified atom stereocenters. The molecule has 9 heteroatoms. The van der Waals surface area contributed by atoms with E-state index in [9.17, 15) is 22.8 Å². The van der Waals surface area contributed by atoms with Crippen molar-refractivity contribution in [3.05, 3.63) is 54.0 Å². The third-order valence-corrected chi connectivity index (χ3v) is 4.09. The Kier molecular flexibility index (Phi) is 5.38. The molecule has 0 N–H and O–H groups in total. The monoisotopic (exact) mass is 382 g/mol. The summed E-state index contributed by atoms with van der Waals surface area (Å²) >= 11 is 0. The molecule has 1 aromatic heterocycles. The van der Waals surface area contributed by atoms with E-state index >= 15 is 0 Å². The smallest absolute Gasteiger partial charge is 0.422 e. The number of carbonyl (C=O) groups is 2. The number of hydrogen-bond donors (Lipinski definition) is 0. The second kappa shape index (κ2) is 7.73. The molecule has 144 valence electrons. The number of carbonyl (C=O) groups excluding carboxylic acids is 2. The number of ether oxygens (including phenoxy) is 1. The Bertz CT molecular complexity index is 780. The Morgan fingerprint density at radius 2 is 1.56 bits per heavy atom. The van der Waals surface area contributed by atoms with E-state index in [1.54, 1.807) is 21.9 Å². The molecule has 0 atom stereocenters. The lowest BCUT2D eigenvalue weighted by molar-refractivity contribution is -0.153. The van der Waals surface area contributed by atoms with Gasteiger partial charge in [0.2, 0.25) is 0 Å². The van der Waals surface area contributed by atoms with Crippen LogP contribution in [-0.2, 0) is 0 Å². The van der Waals surface area contributed by atoms with Gasteiger partial charge >= 0.3 is 6.18 Å². The Balaban J connectivity index is 1.54. The van der Waals surface area contributed by atoms with Gasteiger partial charge in [-0.05, 0) is 36.4 Å². The summed E-state index contributed by atoms with van der Waals surface area (Å²) in [7, 11) is 0. The van der Waals surface area contributed by atoms with Crippen molar-refractivity contribution < 1.29 is 31.9 Å². The van der Waals surface area contributed by atoms with Crippen LogP contribution in [0.3, 0.4) is 0 Å². The quantitative estimate of drug-likeness (QED) is 0.816. The highest BCUT2D eigenvalue weighted by Gasteiger charge is 2.29. The van der Waals surface area contributed by atoms with Gasteiger partial charge in [0.1, 0.15) is 5.75 Å². The zero-order valence-electron chi connectivity index (χ0n) is 14.2. The lowest BCUT2D eigenvalue weighted by atomic mass is 10.1. The number of furan rings is 1. The van der Waals surface area contributed by atoms with Crippen LogP contribution in [-0.4, -0.2) is 60.6 Å². The van der Waals surface area contributed by atoms with Crippen LogP contribution in [0.25, 0.3) is 0 Å². The van der Waals surface area contributed by atoms with E-state index in [0.29, 0.717) is 31.7 Å². The predicted molar refractivity (Wildman–Crippen MR) is 88.5 cm³/mol. The standard InChI is InChI=1S/C18H17F3N2O4/c19-18(20,21)12-27-14-5-3-13(4-6-14)16(24)22-7-9-23(10-8-22)17(25)15-2-1-11-26-15/h1-6,11H,7-10,12H2. The molecule has 1 aliphatic heterocycles. The van der Waals surface area contributed by atoms with Gasteiger partial charge in [0.25, 0.3) is 11.8 Å². The normalized spacial score (nSPS) is 14.9. The van der Waals surface area contributed by atoms with Crippen LogP contribution >= 0.6 is 0 Å². The molecule has 2 aromatic rings. The molecule has 0 saturated carbocycles. The molecule has 0 bridgehead atoms. The molecule has 1 fully saturated rings. The summed E-state index contributed by atoms with van der Waals surface area (Å²) in [6.07, 6.45) is -2.99.